The number of anilines is 2. The lowest BCUT2D eigenvalue weighted by Crippen LogP contribution is -2.22. The van der Waals surface area contributed by atoms with Gasteiger partial charge in [0.15, 0.2) is 0 Å². The summed E-state index contributed by atoms with van der Waals surface area (Å²) in [7, 11) is 2.10. The first kappa shape index (κ1) is 11.3. The van der Waals surface area contributed by atoms with E-state index in [2.05, 4.69) is 28.8 Å². The number of rotatable bonds is 3. The monoisotopic (exact) mass is 242 g/mol. The molecule has 1 aromatic heterocycles. The first-order valence-electron chi connectivity index (χ1n) is 6.36. The first-order chi connectivity index (χ1) is 8.65. The molecule has 0 amide bonds. The fourth-order valence-electron chi connectivity index (χ4n) is 2.46. The largest absolute Gasteiger partial charge is 0.399 e. The number of aromatic nitrogens is 2. The van der Waals surface area contributed by atoms with Gasteiger partial charge in [-0.15, -0.1) is 0 Å². The van der Waals surface area contributed by atoms with Crippen LogP contribution in [-0.2, 0) is 0 Å². The molecular formula is C14H18N4. The second kappa shape index (κ2) is 4.12. The van der Waals surface area contributed by atoms with E-state index in [1.807, 2.05) is 18.2 Å². The van der Waals surface area contributed by atoms with Crippen LogP contribution in [0.2, 0.25) is 0 Å². The summed E-state index contributed by atoms with van der Waals surface area (Å²) in [5, 5.41) is 1.07. The van der Waals surface area contributed by atoms with Crippen LogP contribution in [0.4, 0.5) is 11.5 Å². The van der Waals surface area contributed by atoms with Gasteiger partial charge in [0.1, 0.15) is 12.1 Å². The minimum atomic E-state index is 0.741. The van der Waals surface area contributed by atoms with Crippen LogP contribution in [0.15, 0.2) is 24.5 Å². The Bertz CT molecular complexity index is 581. The summed E-state index contributed by atoms with van der Waals surface area (Å²) in [4.78, 5) is 10.9. The average Bonchev–Trinajstić information content (AvgIpc) is 3.03. The zero-order valence-electron chi connectivity index (χ0n) is 10.8. The highest BCUT2D eigenvalue weighted by Crippen LogP contribution is 2.39. The Balaban J connectivity index is 1.95. The van der Waals surface area contributed by atoms with Crippen molar-refractivity contribution in [2.75, 3.05) is 24.2 Å². The third-order valence-electron chi connectivity index (χ3n) is 3.79. The zero-order chi connectivity index (χ0) is 12.7. The van der Waals surface area contributed by atoms with Gasteiger partial charge in [-0.25, -0.2) is 9.97 Å². The highest BCUT2D eigenvalue weighted by molar-refractivity contribution is 5.91. The molecule has 2 aromatic rings. The molecule has 2 atom stereocenters. The molecule has 4 nitrogen and oxygen atoms in total. The molecule has 0 radical (unpaired) electrons. The van der Waals surface area contributed by atoms with Crippen LogP contribution in [0.5, 0.6) is 0 Å². The molecule has 18 heavy (non-hydrogen) atoms. The second-order valence-electron chi connectivity index (χ2n) is 5.33. The molecule has 2 unspecified atom stereocenters. The highest BCUT2D eigenvalue weighted by Gasteiger charge is 2.33. The molecule has 3 rings (SSSR count). The van der Waals surface area contributed by atoms with Crippen LogP contribution in [0.25, 0.3) is 10.9 Å². The third-order valence-corrected chi connectivity index (χ3v) is 3.79. The van der Waals surface area contributed by atoms with Gasteiger partial charge in [-0.3, -0.25) is 0 Å². The normalized spacial score (nSPS) is 22.1. The predicted octanol–water partition coefficient (Wildman–Crippen LogP) is 2.30. The molecule has 1 fully saturated rings. The van der Waals surface area contributed by atoms with E-state index in [1.54, 1.807) is 6.33 Å². The quantitative estimate of drug-likeness (QED) is 0.839. The maximum atomic E-state index is 5.78. The van der Waals surface area contributed by atoms with Crippen molar-refractivity contribution in [3.05, 3.63) is 24.5 Å². The van der Waals surface area contributed by atoms with Crippen molar-refractivity contribution in [2.45, 2.75) is 13.3 Å². The van der Waals surface area contributed by atoms with Crippen LogP contribution in [-0.4, -0.2) is 23.6 Å². The molecular weight excluding hydrogens is 224 g/mol. The van der Waals surface area contributed by atoms with E-state index in [4.69, 9.17) is 5.73 Å². The fraction of sp³-hybridized carbons (Fsp3) is 0.429. The third kappa shape index (κ3) is 1.98. The van der Waals surface area contributed by atoms with Gasteiger partial charge < -0.3 is 10.6 Å². The Labute approximate surface area is 107 Å². The molecule has 1 aliphatic rings. The van der Waals surface area contributed by atoms with Crippen molar-refractivity contribution in [1.29, 1.82) is 0 Å². The van der Waals surface area contributed by atoms with Gasteiger partial charge in [0.2, 0.25) is 0 Å². The number of hydrogen-bond acceptors (Lipinski definition) is 4. The molecule has 2 N–H and O–H groups in total. The van der Waals surface area contributed by atoms with Crippen LogP contribution >= 0.6 is 0 Å². The fourth-order valence-corrected chi connectivity index (χ4v) is 2.46. The summed E-state index contributed by atoms with van der Waals surface area (Å²) in [6.07, 6.45) is 2.95. The molecule has 1 aromatic carbocycles. The SMILES string of the molecule is CC1CC1CN(C)c1ncnc2cc(N)ccc12. The van der Waals surface area contributed by atoms with Gasteiger partial charge >= 0.3 is 0 Å². The highest BCUT2D eigenvalue weighted by atomic mass is 15.2. The lowest BCUT2D eigenvalue weighted by Gasteiger charge is -2.19. The van der Waals surface area contributed by atoms with E-state index in [1.165, 1.54) is 6.42 Å². The Morgan fingerprint density at radius 2 is 2.17 bits per heavy atom. The van der Waals surface area contributed by atoms with Crippen molar-refractivity contribution in [3.8, 4) is 0 Å². The Kier molecular flexibility index (Phi) is 2.58. The lowest BCUT2D eigenvalue weighted by molar-refractivity contribution is 0.721. The molecule has 0 spiro atoms. The summed E-state index contributed by atoms with van der Waals surface area (Å²) < 4.78 is 0. The van der Waals surface area contributed by atoms with Gasteiger partial charge in [-0.05, 0) is 36.5 Å². The number of nitrogens with zero attached hydrogens (tertiary/aromatic N) is 3. The molecule has 0 bridgehead atoms. The number of nitrogens with two attached hydrogens (primary N) is 1. The van der Waals surface area contributed by atoms with E-state index in [0.29, 0.717) is 0 Å². The summed E-state index contributed by atoms with van der Waals surface area (Å²) in [5.74, 6) is 2.67. The van der Waals surface area contributed by atoms with E-state index in [-0.39, 0.29) is 0 Å². The number of nitrogen functional groups attached to an aromatic ring is 1. The molecule has 4 heteroatoms. The van der Waals surface area contributed by atoms with Crippen molar-refractivity contribution in [2.24, 2.45) is 11.8 Å². The van der Waals surface area contributed by atoms with E-state index >= 15 is 0 Å². The van der Waals surface area contributed by atoms with E-state index in [9.17, 15) is 0 Å². The number of hydrogen-bond donors (Lipinski definition) is 1. The molecule has 1 aliphatic carbocycles. The molecule has 0 saturated heterocycles. The Morgan fingerprint density at radius 1 is 1.39 bits per heavy atom. The topological polar surface area (TPSA) is 55.0 Å². The van der Waals surface area contributed by atoms with Crippen molar-refractivity contribution >= 4 is 22.4 Å². The molecule has 0 aliphatic heterocycles. The molecule has 1 heterocycles. The molecule has 1 saturated carbocycles. The van der Waals surface area contributed by atoms with Gasteiger partial charge in [0.05, 0.1) is 5.52 Å². The van der Waals surface area contributed by atoms with Gasteiger partial charge in [0, 0.05) is 24.7 Å². The predicted molar refractivity (Wildman–Crippen MR) is 74.5 cm³/mol. The maximum Gasteiger partial charge on any atom is 0.139 e. The van der Waals surface area contributed by atoms with Crippen molar-refractivity contribution < 1.29 is 0 Å². The van der Waals surface area contributed by atoms with Gasteiger partial charge in [0.25, 0.3) is 0 Å². The lowest BCUT2D eigenvalue weighted by atomic mass is 10.2. The summed E-state index contributed by atoms with van der Waals surface area (Å²) in [6.45, 7) is 3.37. The minimum Gasteiger partial charge on any atom is -0.399 e. The van der Waals surface area contributed by atoms with Crippen molar-refractivity contribution in [1.82, 2.24) is 9.97 Å². The standard InChI is InChI=1S/C14H18N4/c1-9-5-10(9)7-18(2)14-12-4-3-11(15)6-13(12)16-8-17-14/h3-4,6,8-10H,5,7,15H2,1-2H3. The second-order valence-corrected chi connectivity index (χ2v) is 5.33. The average molecular weight is 242 g/mol. The zero-order valence-corrected chi connectivity index (χ0v) is 10.8. The van der Waals surface area contributed by atoms with Crippen LogP contribution in [0.3, 0.4) is 0 Å². The van der Waals surface area contributed by atoms with Crippen LogP contribution in [0.1, 0.15) is 13.3 Å². The summed E-state index contributed by atoms with van der Waals surface area (Å²) >= 11 is 0. The number of fused-ring (bicyclic) bond motifs is 1. The Hall–Kier alpha value is -1.84. The maximum absolute atomic E-state index is 5.78. The van der Waals surface area contributed by atoms with Gasteiger partial charge in [-0.1, -0.05) is 6.92 Å². The van der Waals surface area contributed by atoms with E-state index in [0.717, 1.165) is 40.8 Å². The Morgan fingerprint density at radius 3 is 2.89 bits per heavy atom. The summed E-state index contributed by atoms with van der Waals surface area (Å²) in [5.41, 5.74) is 7.44. The molecule has 94 valence electrons. The van der Waals surface area contributed by atoms with Crippen LogP contribution in [0, 0.1) is 11.8 Å². The first-order valence-corrected chi connectivity index (χ1v) is 6.36. The van der Waals surface area contributed by atoms with Gasteiger partial charge in [-0.2, -0.15) is 0 Å². The van der Waals surface area contributed by atoms with Crippen molar-refractivity contribution in [3.63, 3.8) is 0 Å². The smallest absolute Gasteiger partial charge is 0.139 e. The summed E-state index contributed by atoms with van der Waals surface area (Å²) in [6, 6.07) is 5.81. The number of benzene rings is 1. The minimum absolute atomic E-state index is 0.741. The van der Waals surface area contributed by atoms with Crippen LogP contribution < -0.4 is 10.6 Å². The van der Waals surface area contributed by atoms with E-state index < -0.39 is 0 Å².